The smallest absolute Gasteiger partial charge is 0.221 e. The highest BCUT2D eigenvalue weighted by molar-refractivity contribution is 5.85. The zero-order chi connectivity index (χ0) is 14.5. The molecule has 1 atom stereocenters. The Hall–Kier alpha value is -1.11. The lowest BCUT2D eigenvalue weighted by molar-refractivity contribution is -0.121. The van der Waals surface area contributed by atoms with Crippen molar-refractivity contribution in [2.45, 2.75) is 18.9 Å². The first-order chi connectivity index (χ1) is 9.61. The van der Waals surface area contributed by atoms with Crippen LogP contribution >= 0.6 is 24.8 Å². The van der Waals surface area contributed by atoms with E-state index in [4.69, 9.17) is 0 Å². The van der Waals surface area contributed by atoms with Crippen molar-refractivity contribution in [3.8, 4) is 0 Å². The Balaban J connectivity index is 0.00000220. The number of carbonyl (C=O) groups excluding carboxylic acids is 1. The van der Waals surface area contributed by atoms with Crippen LogP contribution < -0.4 is 15.5 Å². The van der Waals surface area contributed by atoms with E-state index in [0.29, 0.717) is 32.5 Å². The molecule has 1 aliphatic rings. The number of anilines is 1. The normalized spacial score (nSPS) is 16.7. The molecular formula is C14H21Cl2F2N3O. The van der Waals surface area contributed by atoms with E-state index in [1.165, 1.54) is 18.2 Å². The van der Waals surface area contributed by atoms with E-state index < -0.39 is 11.6 Å². The average Bonchev–Trinajstić information content (AvgIpc) is 2.84. The fourth-order valence-corrected chi connectivity index (χ4v) is 2.41. The number of rotatable bonds is 5. The Labute approximate surface area is 141 Å². The van der Waals surface area contributed by atoms with Crippen LogP contribution in [0.1, 0.15) is 12.8 Å². The van der Waals surface area contributed by atoms with Crippen molar-refractivity contribution in [1.29, 1.82) is 0 Å². The number of benzene rings is 1. The minimum Gasteiger partial charge on any atom is -0.365 e. The fraction of sp³-hybridized carbons (Fsp3) is 0.500. The zero-order valence-electron chi connectivity index (χ0n) is 12.3. The zero-order valence-corrected chi connectivity index (χ0v) is 13.9. The van der Waals surface area contributed by atoms with Gasteiger partial charge in [0.15, 0.2) is 0 Å². The number of hydrogen-bond acceptors (Lipinski definition) is 3. The molecule has 22 heavy (non-hydrogen) atoms. The third kappa shape index (κ3) is 5.26. The van der Waals surface area contributed by atoms with Crippen LogP contribution in [-0.4, -0.2) is 38.6 Å². The van der Waals surface area contributed by atoms with E-state index in [1.807, 2.05) is 0 Å². The van der Waals surface area contributed by atoms with E-state index in [-0.39, 0.29) is 42.5 Å². The van der Waals surface area contributed by atoms with E-state index >= 15 is 0 Å². The van der Waals surface area contributed by atoms with Gasteiger partial charge in [-0.15, -0.1) is 24.8 Å². The van der Waals surface area contributed by atoms with E-state index in [0.717, 1.165) is 0 Å². The predicted molar refractivity (Wildman–Crippen MR) is 88.2 cm³/mol. The van der Waals surface area contributed by atoms with Gasteiger partial charge in [-0.3, -0.25) is 4.79 Å². The van der Waals surface area contributed by atoms with Crippen LogP contribution in [0.5, 0.6) is 0 Å². The first kappa shape index (κ1) is 20.9. The van der Waals surface area contributed by atoms with E-state index in [9.17, 15) is 13.6 Å². The van der Waals surface area contributed by atoms with Crippen molar-refractivity contribution in [1.82, 2.24) is 10.6 Å². The second-order valence-corrected chi connectivity index (χ2v) is 4.92. The molecule has 1 aromatic carbocycles. The average molecular weight is 356 g/mol. The van der Waals surface area contributed by atoms with E-state index in [1.54, 1.807) is 11.9 Å². The molecule has 126 valence electrons. The lowest BCUT2D eigenvalue weighted by Crippen LogP contribution is -2.38. The van der Waals surface area contributed by atoms with Gasteiger partial charge in [-0.1, -0.05) is 6.07 Å². The van der Waals surface area contributed by atoms with E-state index in [2.05, 4.69) is 10.6 Å². The summed E-state index contributed by atoms with van der Waals surface area (Å²) in [6, 6.07) is 3.79. The molecule has 1 saturated heterocycles. The van der Waals surface area contributed by atoms with Crippen LogP contribution in [0.4, 0.5) is 14.5 Å². The summed E-state index contributed by atoms with van der Waals surface area (Å²) >= 11 is 0. The van der Waals surface area contributed by atoms with Gasteiger partial charge in [0.05, 0.1) is 0 Å². The molecule has 1 heterocycles. The van der Waals surface area contributed by atoms with Crippen LogP contribution in [0.15, 0.2) is 18.2 Å². The van der Waals surface area contributed by atoms with Crippen molar-refractivity contribution in [3.05, 3.63) is 29.8 Å². The molecule has 0 spiro atoms. The summed E-state index contributed by atoms with van der Waals surface area (Å²) in [5.74, 6) is -1.17. The molecular weight excluding hydrogens is 335 g/mol. The maximum atomic E-state index is 13.7. The number of hydrogen-bond donors (Lipinski definition) is 2. The van der Waals surface area contributed by atoms with Crippen LogP contribution in [-0.2, 0) is 4.79 Å². The Morgan fingerprint density at radius 1 is 1.32 bits per heavy atom. The molecule has 0 aliphatic carbocycles. The van der Waals surface area contributed by atoms with Gasteiger partial charge in [-0.2, -0.15) is 0 Å². The highest BCUT2D eigenvalue weighted by Crippen LogP contribution is 2.26. The van der Waals surface area contributed by atoms with Crippen molar-refractivity contribution >= 4 is 36.4 Å². The lowest BCUT2D eigenvalue weighted by Gasteiger charge is -2.20. The summed E-state index contributed by atoms with van der Waals surface area (Å²) in [5, 5.41) is 5.79. The molecule has 1 aliphatic heterocycles. The Morgan fingerprint density at radius 2 is 1.95 bits per heavy atom. The Bertz CT molecular complexity index is 471. The molecule has 2 rings (SSSR count). The molecule has 2 N–H and O–H groups in total. The lowest BCUT2D eigenvalue weighted by atomic mass is 10.2. The second-order valence-electron chi connectivity index (χ2n) is 4.92. The SMILES string of the molecule is CNCCC(=O)NC1CCN(c2c(F)cccc2F)C1.Cl.Cl. The van der Waals surface area contributed by atoms with Crippen LogP contribution in [0.3, 0.4) is 0 Å². The number of nitrogens with zero attached hydrogens (tertiary/aromatic N) is 1. The van der Waals surface area contributed by atoms with Crippen molar-refractivity contribution in [2.75, 3.05) is 31.6 Å². The Morgan fingerprint density at radius 3 is 2.55 bits per heavy atom. The molecule has 1 fully saturated rings. The first-order valence-corrected chi connectivity index (χ1v) is 6.74. The van der Waals surface area contributed by atoms with Gasteiger partial charge >= 0.3 is 0 Å². The summed E-state index contributed by atoms with van der Waals surface area (Å²) < 4.78 is 27.4. The van der Waals surface area contributed by atoms with Crippen LogP contribution in [0, 0.1) is 11.6 Å². The summed E-state index contributed by atoms with van der Waals surface area (Å²) in [6.07, 6.45) is 1.10. The van der Waals surface area contributed by atoms with Crippen molar-refractivity contribution in [3.63, 3.8) is 0 Å². The van der Waals surface area contributed by atoms with Gasteiger partial charge in [0.2, 0.25) is 5.91 Å². The molecule has 1 aromatic rings. The predicted octanol–water partition coefficient (Wildman–Crippen LogP) is 2.11. The van der Waals surface area contributed by atoms with Crippen molar-refractivity contribution in [2.24, 2.45) is 0 Å². The van der Waals surface area contributed by atoms with Gasteiger partial charge in [-0.25, -0.2) is 8.78 Å². The minimum atomic E-state index is -0.563. The molecule has 1 amide bonds. The molecule has 0 saturated carbocycles. The summed E-state index contributed by atoms with van der Waals surface area (Å²) in [5.41, 5.74) is -0.000487. The molecule has 0 bridgehead atoms. The second kappa shape index (κ2) is 9.82. The van der Waals surface area contributed by atoms with Gasteiger partial charge in [0.1, 0.15) is 17.3 Å². The third-order valence-corrected chi connectivity index (χ3v) is 3.41. The largest absolute Gasteiger partial charge is 0.365 e. The molecule has 0 aromatic heterocycles. The molecule has 1 unspecified atom stereocenters. The molecule has 4 nitrogen and oxygen atoms in total. The van der Waals surface area contributed by atoms with Gasteiger partial charge in [-0.05, 0) is 25.6 Å². The maximum absolute atomic E-state index is 13.7. The first-order valence-electron chi connectivity index (χ1n) is 6.74. The summed E-state index contributed by atoms with van der Waals surface area (Å²) in [7, 11) is 1.78. The number of carbonyl (C=O) groups is 1. The summed E-state index contributed by atoms with van der Waals surface area (Å²) in [4.78, 5) is 13.3. The minimum absolute atomic E-state index is 0. The highest BCUT2D eigenvalue weighted by atomic mass is 35.5. The molecule has 0 radical (unpaired) electrons. The van der Waals surface area contributed by atoms with Gasteiger partial charge in [0.25, 0.3) is 0 Å². The van der Waals surface area contributed by atoms with Crippen molar-refractivity contribution < 1.29 is 13.6 Å². The topological polar surface area (TPSA) is 44.4 Å². The molecule has 8 heteroatoms. The highest BCUT2D eigenvalue weighted by Gasteiger charge is 2.27. The number of halogens is 4. The third-order valence-electron chi connectivity index (χ3n) is 3.41. The number of para-hydroxylation sites is 1. The standard InChI is InChI=1S/C14H19F2N3O.2ClH/c1-17-7-5-13(20)18-10-6-8-19(9-10)14-11(15)3-2-4-12(14)16;;/h2-4,10,17H,5-9H2,1H3,(H,18,20);2*1H. The Kier molecular flexibility index (Phi) is 9.32. The summed E-state index contributed by atoms with van der Waals surface area (Å²) in [6.45, 7) is 1.59. The number of nitrogens with one attached hydrogen (secondary N) is 2. The fourth-order valence-electron chi connectivity index (χ4n) is 2.41. The number of amides is 1. The maximum Gasteiger partial charge on any atom is 0.221 e. The van der Waals surface area contributed by atoms with Crippen LogP contribution in [0.25, 0.3) is 0 Å². The monoisotopic (exact) mass is 355 g/mol. The van der Waals surface area contributed by atoms with Gasteiger partial charge < -0.3 is 15.5 Å². The quantitative estimate of drug-likeness (QED) is 0.850. The van der Waals surface area contributed by atoms with Gasteiger partial charge in [0, 0.05) is 32.1 Å². The van der Waals surface area contributed by atoms with Crippen LogP contribution in [0.2, 0.25) is 0 Å².